The Morgan fingerprint density at radius 3 is 2.56 bits per heavy atom. The number of carboxylic acid groups (broad SMARTS) is 1. The molecule has 0 aromatic heterocycles. The van der Waals surface area contributed by atoms with E-state index in [0.29, 0.717) is 6.04 Å². The van der Waals surface area contributed by atoms with Gasteiger partial charge < -0.3 is 5.11 Å². The topological polar surface area (TPSA) is 40.5 Å². The molecule has 0 bridgehead atoms. The van der Waals surface area contributed by atoms with Gasteiger partial charge in [-0.2, -0.15) is 0 Å². The number of hydrogen-bond donors (Lipinski definition) is 1. The van der Waals surface area contributed by atoms with Gasteiger partial charge in [0, 0.05) is 12.6 Å². The Bertz CT molecular complexity index is 452. The maximum atomic E-state index is 11.1. The summed E-state index contributed by atoms with van der Waals surface area (Å²) in [5.74, 6) is -0.731. The Morgan fingerprint density at radius 2 is 2.06 bits per heavy atom. The second-order valence-corrected chi connectivity index (χ2v) is 5.34. The highest BCUT2D eigenvalue weighted by Gasteiger charge is 2.34. The molecule has 3 heteroatoms. The lowest BCUT2D eigenvalue weighted by molar-refractivity contribution is -0.143. The molecule has 1 atom stereocenters. The summed E-state index contributed by atoms with van der Waals surface area (Å²) in [7, 11) is 0. The van der Waals surface area contributed by atoms with Crippen LogP contribution in [0.5, 0.6) is 0 Å². The number of rotatable bonds is 5. The summed E-state index contributed by atoms with van der Waals surface area (Å²) in [6.45, 7) is 6.71. The Hall–Kier alpha value is -1.35. The van der Waals surface area contributed by atoms with Crippen molar-refractivity contribution in [3.05, 3.63) is 34.9 Å². The summed E-state index contributed by atoms with van der Waals surface area (Å²) in [6, 6.07) is 6.43. The highest BCUT2D eigenvalue weighted by atomic mass is 16.4. The summed E-state index contributed by atoms with van der Waals surface area (Å²) in [5, 5.41) is 9.16. The zero-order chi connectivity index (χ0) is 13.3. The van der Waals surface area contributed by atoms with Gasteiger partial charge in [-0.05, 0) is 50.3 Å². The standard InChI is InChI=1S/C15H21NO2/c1-10-4-5-13(8-11(10)2)9-16(14-6-7-14)12(3)15(17)18/h4-5,8,12,14H,6-7,9H2,1-3H3,(H,17,18). The van der Waals surface area contributed by atoms with Crippen molar-refractivity contribution in [3.8, 4) is 0 Å². The minimum absolute atomic E-state index is 0.404. The van der Waals surface area contributed by atoms with Gasteiger partial charge in [-0.15, -0.1) is 0 Å². The highest BCUT2D eigenvalue weighted by molar-refractivity contribution is 5.73. The van der Waals surface area contributed by atoms with E-state index < -0.39 is 12.0 Å². The van der Waals surface area contributed by atoms with Gasteiger partial charge in [-0.25, -0.2) is 0 Å². The molecule has 1 unspecified atom stereocenters. The lowest BCUT2D eigenvalue weighted by atomic mass is 10.1. The molecule has 1 aromatic carbocycles. The molecule has 0 saturated heterocycles. The molecule has 1 aliphatic carbocycles. The van der Waals surface area contributed by atoms with Crippen molar-refractivity contribution >= 4 is 5.97 Å². The van der Waals surface area contributed by atoms with Crippen LogP contribution in [0.4, 0.5) is 0 Å². The van der Waals surface area contributed by atoms with Crippen molar-refractivity contribution in [2.75, 3.05) is 0 Å². The van der Waals surface area contributed by atoms with Crippen LogP contribution in [0.25, 0.3) is 0 Å². The van der Waals surface area contributed by atoms with Crippen LogP contribution >= 0.6 is 0 Å². The van der Waals surface area contributed by atoms with Gasteiger partial charge in [0.05, 0.1) is 0 Å². The first-order valence-electron chi connectivity index (χ1n) is 6.53. The van der Waals surface area contributed by atoms with E-state index in [1.54, 1.807) is 6.92 Å². The van der Waals surface area contributed by atoms with Crippen molar-refractivity contribution in [1.82, 2.24) is 4.90 Å². The lowest BCUT2D eigenvalue weighted by Crippen LogP contribution is -2.40. The van der Waals surface area contributed by atoms with Gasteiger partial charge in [0.2, 0.25) is 0 Å². The third-order valence-corrected chi connectivity index (χ3v) is 3.81. The predicted octanol–water partition coefficient (Wildman–Crippen LogP) is 2.74. The minimum atomic E-state index is -0.731. The van der Waals surface area contributed by atoms with Crippen molar-refractivity contribution in [1.29, 1.82) is 0 Å². The first-order valence-corrected chi connectivity index (χ1v) is 6.53. The summed E-state index contributed by atoms with van der Waals surface area (Å²) in [6.07, 6.45) is 2.25. The molecule has 18 heavy (non-hydrogen) atoms. The van der Waals surface area contributed by atoms with Crippen LogP contribution in [0, 0.1) is 13.8 Å². The Kier molecular flexibility index (Phi) is 3.71. The normalized spacial score (nSPS) is 16.9. The van der Waals surface area contributed by atoms with E-state index in [1.165, 1.54) is 16.7 Å². The van der Waals surface area contributed by atoms with Gasteiger partial charge >= 0.3 is 5.97 Å². The van der Waals surface area contributed by atoms with Crippen molar-refractivity contribution in [3.63, 3.8) is 0 Å². The molecule has 0 radical (unpaired) electrons. The van der Waals surface area contributed by atoms with Crippen LogP contribution in [0.2, 0.25) is 0 Å². The zero-order valence-corrected chi connectivity index (χ0v) is 11.3. The number of hydrogen-bond acceptors (Lipinski definition) is 2. The number of nitrogens with zero attached hydrogens (tertiary/aromatic N) is 1. The van der Waals surface area contributed by atoms with Crippen LogP contribution in [0.1, 0.15) is 36.5 Å². The molecule has 0 heterocycles. The molecule has 1 fully saturated rings. The van der Waals surface area contributed by atoms with E-state index in [0.717, 1.165) is 19.4 Å². The minimum Gasteiger partial charge on any atom is -0.480 e. The van der Waals surface area contributed by atoms with Crippen molar-refractivity contribution in [2.24, 2.45) is 0 Å². The molecule has 98 valence electrons. The number of aliphatic carboxylic acids is 1. The maximum Gasteiger partial charge on any atom is 0.320 e. The largest absolute Gasteiger partial charge is 0.480 e. The first-order chi connectivity index (χ1) is 8.49. The summed E-state index contributed by atoms with van der Waals surface area (Å²) in [4.78, 5) is 13.2. The second-order valence-electron chi connectivity index (χ2n) is 5.34. The fourth-order valence-electron chi connectivity index (χ4n) is 2.24. The fraction of sp³-hybridized carbons (Fsp3) is 0.533. The van der Waals surface area contributed by atoms with Gasteiger partial charge in [0.25, 0.3) is 0 Å². The molecular weight excluding hydrogens is 226 g/mol. The van der Waals surface area contributed by atoms with Gasteiger partial charge in [0.15, 0.2) is 0 Å². The maximum absolute atomic E-state index is 11.1. The number of carbonyl (C=O) groups is 1. The average molecular weight is 247 g/mol. The van der Waals surface area contributed by atoms with Crippen LogP contribution in [-0.2, 0) is 11.3 Å². The van der Waals surface area contributed by atoms with E-state index in [9.17, 15) is 4.79 Å². The third kappa shape index (κ3) is 2.91. The predicted molar refractivity (Wildman–Crippen MR) is 71.6 cm³/mol. The summed E-state index contributed by atoms with van der Waals surface area (Å²) >= 11 is 0. The first kappa shape index (κ1) is 13.1. The van der Waals surface area contributed by atoms with Crippen molar-refractivity contribution < 1.29 is 9.90 Å². The molecular formula is C15H21NO2. The van der Waals surface area contributed by atoms with Crippen LogP contribution < -0.4 is 0 Å². The highest BCUT2D eigenvalue weighted by Crippen LogP contribution is 2.30. The third-order valence-electron chi connectivity index (χ3n) is 3.81. The van der Waals surface area contributed by atoms with E-state index in [2.05, 4.69) is 36.9 Å². The van der Waals surface area contributed by atoms with Gasteiger partial charge in [0.1, 0.15) is 6.04 Å². The Morgan fingerprint density at radius 1 is 1.39 bits per heavy atom. The summed E-state index contributed by atoms with van der Waals surface area (Å²) < 4.78 is 0. The van der Waals surface area contributed by atoms with Gasteiger partial charge in [-0.3, -0.25) is 9.69 Å². The molecule has 0 amide bonds. The monoisotopic (exact) mass is 247 g/mol. The fourth-order valence-corrected chi connectivity index (χ4v) is 2.24. The second kappa shape index (κ2) is 5.11. The average Bonchev–Trinajstić information content (AvgIpc) is 3.13. The molecule has 1 N–H and O–H groups in total. The number of aryl methyl sites for hydroxylation is 2. The zero-order valence-electron chi connectivity index (χ0n) is 11.3. The molecule has 3 nitrogen and oxygen atoms in total. The quantitative estimate of drug-likeness (QED) is 0.869. The molecule has 0 spiro atoms. The SMILES string of the molecule is Cc1ccc(CN(C2CC2)C(C)C(=O)O)cc1C. The van der Waals surface area contributed by atoms with E-state index >= 15 is 0 Å². The van der Waals surface area contributed by atoms with Crippen molar-refractivity contribution in [2.45, 2.75) is 52.2 Å². The lowest BCUT2D eigenvalue weighted by Gasteiger charge is -2.26. The number of benzene rings is 1. The van der Waals surface area contributed by atoms with E-state index in [-0.39, 0.29) is 0 Å². The molecule has 2 rings (SSSR count). The van der Waals surface area contributed by atoms with E-state index in [1.807, 2.05) is 0 Å². The molecule has 1 saturated carbocycles. The molecule has 1 aliphatic rings. The van der Waals surface area contributed by atoms with Crippen LogP contribution in [0.15, 0.2) is 18.2 Å². The Balaban J connectivity index is 2.13. The van der Waals surface area contributed by atoms with Gasteiger partial charge in [-0.1, -0.05) is 18.2 Å². The number of carboxylic acids is 1. The smallest absolute Gasteiger partial charge is 0.320 e. The molecule has 1 aromatic rings. The van der Waals surface area contributed by atoms with E-state index in [4.69, 9.17) is 5.11 Å². The van der Waals surface area contributed by atoms with Crippen LogP contribution in [0.3, 0.4) is 0 Å². The Labute approximate surface area is 108 Å². The molecule has 0 aliphatic heterocycles. The van der Waals surface area contributed by atoms with Crippen LogP contribution in [-0.4, -0.2) is 28.1 Å². The summed E-state index contributed by atoms with van der Waals surface area (Å²) in [5.41, 5.74) is 3.76.